The number of benzene rings is 2. The number of epoxide rings is 1. The molecule has 18 heavy (non-hydrogen) atoms. The second-order valence-electron chi connectivity index (χ2n) is 4.23. The molecule has 0 bridgehead atoms. The smallest absolute Gasteiger partial charge is 0.194 e. The molecule has 2 atom stereocenters. The van der Waals surface area contributed by atoms with E-state index in [0.717, 1.165) is 5.56 Å². The average molecular weight is 259 g/mol. The highest BCUT2D eigenvalue weighted by molar-refractivity contribution is 6.31. The van der Waals surface area contributed by atoms with Gasteiger partial charge in [-0.2, -0.15) is 0 Å². The van der Waals surface area contributed by atoms with Crippen molar-refractivity contribution in [2.24, 2.45) is 0 Å². The predicted molar refractivity (Wildman–Crippen MR) is 69.8 cm³/mol. The Morgan fingerprint density at radius 1 is 1.00 bits per heavy atom. The lowest BCUT2D eigenvalue weighted by Crippen LogP contribution is -2.07. The van der Waals surface area contributed by atoms with Crippen molar-refractivity contribution in [3.8, 4) is 0 Å². The molecule has 2 nitrogen and oxygen atoms in total. The Morgan fingerprint density at radius 2 is 1.67 bits per heavy atom. The molecule has 0 N–H and O–H groups in total. The maximum absolute atomic E-state index is 12.1. The molecule has 1 saturated heterocycles. The molecule has 1 aliphatic rings. The molecule has 3 heteroatoms. The number of hydrogen-bond acceptors (Lipinski definition) is 2. The van der Waals surface area contributed by atoms with Gasteiger partial charge in [-0.25, -0.2) is 0 Å². The van der Waals surface area contributed by atoms with Crippen LogP contribution < -0.4 is 0 Å². The van der Waals surface area contributed by atoms with Gasteiger partial charge in [-0.3, -0.25) is 4.79 Å². The van der Waals surface area contributed by atoms with Crippen LogP contribution in [0.1, 0.15) is 22.0 Å². The molecule has 0 radical (unpaired) electrons. The van der Waals surface area contributed by atoms with Crippen LogP contribution in [-0.2, 0) is 4.74 Å². The van der Waals surface area contributed by atoms with E-state index in [-0.39, 0.29) is 11.9 Å². The zero-order valence-corrected chi connectivity index (χ0v) is 10.3. The molecule has 2 aromatic rings. The van der Waals surface area contributed by atoms with Crippen molar-refractivity contribution < 1.29 is 9.53 Å². The van der Waals surface area contributed by atoms with E-state index in [1.807, 2.05) is 42.5 Å². The lowest BCUT2D eigenvalue weighted by atomic mass is 10.0. The lowest BCUT2D eigenvalue weighted by Gasteiger charge is -1.99. The van der Waals surface area contributed by atoms with Gasteiger partial charge in [0.2, 0.25) is 0 Å². The third-order valence-corrected chi connectivity index (χ3v) is 3.36. The SMILES string of the molecule is O=C(c1ccccc1)C1OC1c1ccccc1Cl. The van der Waals surface area contributed by atoms with Crippen LogP contribution in [0.2, 0.25) is 5.02 Å². The van der Waals surface area contributed by atoms with Gasteiger partial charge in [0, 0.05) is 16.1 Å². The molecule has 0 spiro atoms. The molecular weight excluding hydrogens is 248 g/mol. The van der Waals surface area contributed by atoms with Crippen molar-refractivity contribution in [2.75, 3.05) is 0 Å². The van der Waals surface area contributed by atoms with Gasteiger partial charge in [-0.15, -0.1) is 0 Å². The van der Waals surface area contributed by atoms with Crippen LogP contribution in [0, 0.1) is 0 Å². The first-order valence-corrected chi connectivity index (χ1v) is 6.14. The number of ketones is 1. The van der Waals surface area contributed by atoms with Crippen molar-refractivity contribution in [3.05, 3.63) is 70.7 Å². The van der Waals surface area contributed by atoms with Crippen molar-refractivity contribution >= 4 is 17.4 Å². The number of rotatable bonds is 3. The fourth-order valence-electron chi connectivity index (χ4n) is 2.02. The number of ether oxygens (including phenoxy) is 1. The molecule has 3 rings (SSSR count). The topological polar surface area (TPSA) is 29.6 Å². The van der Waals surface area contributed by atoms with E-state index in [1.54, 1.807) is 12.1 Å². The van der Waals surface area contributed by atoms with Gasteiger partial charge in [0.05, 0.1) is 0 Å². The van der Waals surface area contributed by atoms with E-state index in [2.05, 4.69) is 0 Å². The number of hydrogen-bond donors (Lipinski definition) is 0. The number of carbonyl (C=O) groups excluding carboxylic acids is 1. The van der Waals surface area contributed by atoms with E-state index >= 15 is 0 Å². The highest BCUT2D eigenvalue weighted by Gasteiger charge is 2.46. The minimum Gasteiger partial charge on any atom is -0.356 e. The highest BCUT2D eigenvalue weighted by Crippen LogP contribution is 2.43. The summed E-state index contributed by atoms with van der Waals surface area (Å²) in [5.74, 6) is 0.0144. The van der Waals surface area contributed by atoms with Crippen LogP contribution >= 0.6 is 11.6 Å². The van der Waals surface area contributed by atoms with Crippen LogP contribution in [0.15, 0.2) is 54.6 Å². The number of halogens is 1. The van der Waals surface area contributed by atoms with Crippen LogP contribution in [0.5, 0.6) is 0 Å². The second-order valence-corrected chi connectivity index (χ2v) is 4.64. The third-order valence-electron chi connectivity index (χ3n) is 3.02. The molecule has 0 saturated carbocycles. The maximum Gasteiger partial charge on any atom is 0.194 e. The standard InChI is InChI=1S/C15H11ClO2/c16-12-9-5-4-8-11(12)14-15(18-14)13(17)10-6-2-1-3-7-10/h1-9,14-15H. The summed E-state index contributed by atoms with van der Waals surface area (Å²) < 4.78 is 5.47. The summed E-state index contributed by atoms with van der Waals surface area (Å²) >= 11 is 6.08. The Kier molecular flexibility index (Phi) is 2.90. The molecule has 1 heterocycles. The maximum atomic E-state index is 12.1. The molecule has 0 aromatic heterocycles. The molecule has 1 aliphatic heterocycles. The Balaban J connectivity index is 1.79. The van der Waals surface area contributed by atoms with E-state index in [4.69, 9.17) is 16.3 Å². The minimum absolute atomic E-state index is 0.0144. The summed E-state index contributed by atoms with van der Waals surface area (Å²) in [6.07, 6.45) is -0.598. The quantitative estimate of drug-likeness (QED) is 0.621. The molecule has 2 unspecified atom stereocenters. The van der Waals surface area contributed by atoms with E-state index < -0.39 is 6.10 Å². The predicted octanol–water partition coefficient (Wildman–Crippen LogP) is 3.66. The Bertz CT molecular complexity index is 580. The van der Waals surface area contributed by atoms with Crippen molar-refractivity contribution in [1.82, 2.24) is 0 Å². The highest BCUT2D eigenvalue weighted by atomic mass is 35.5. The zero-order valence-electron chi connectivity index (χ0n) is 9.55. The summed E-state index contributed by atoms with van der Waals surface area (Å²) in [4.78, 5) is 12.1. The molecule has 0 aliphatic carbocycles. The van der Waals surface area contributed by atoms with Crippen LogP contribution in [0.25, 0.3) is 0 Å². The zero-order chi connectivity index (χ0) is 12.5. The van der Waals surface area contributed by atoms with Gasteiger partial charge in [0.25, 0.3) is 0 Å². The normalized spacial score (nSPS) is 21.6. The monoisotopic (exact) mass is 258 g/mol. The Morgan fingerprint density at radius 3 is 2.39 bits per heavy atom. The third kappa shape index (κ3) is 2.05. The van der Waals surface area contributed by atoms with Gasteiger partial charge in [0.1, 0.15) is 6.10 Å². The molecule has 2 aromatic carbocycles. The summed E-state index contributed by atoms with van der Waals surface area (Å²) in [7, 11) is 0. The van der Waals surface area contributed by atoms with Gasteiger partial charge in [0.15, 0.2) is 11.9 Å². The Labute approximate surface area is 110 Å². The number of Topliss-reactive ketones (excluding diaryl/α,β-unsaturated/α-hetero) is 1. The fraction of sp³-hybridized carbons (Fsp3) is 0.133. The van der Waals surface area contributed by atoms with E-state index in [0.29, 0.717) is 10.6 Å². The number of carbonyl (C=O) groups is 1. The van der Waals surface area contributed by atoms with Gasteiger partial charge >= 0.3 is 0 Å². The summed E-state index contributed by atoms with van der Waals surface area (Å²) in [5.41, 5.74) is 1.56. The van der Waals surface area contributed by atoms with Crippen LogP contribution in [0.3, 0.4) is 0 Å². The summed E-state index contributed by atoms with van der Waals surface area (Å²) in [5, 5.41) is 0.644. The van der Waals surface area contributed by atoms with Crippen molar-refractivity contribution in [2.45, 2.75) is 12.2 Å². The largest absolute Gasteiger partial charge is 0.356 e. The van der Waals surface area contributed by atoms with Gasteiger partial charge < -0.3 is 4.74 Å². The Hall–Kier alpha value is -1.64. The van der Waals surface area contributed by atoms with Crippen molar-refractivity contribution in [3.63, 3.8) is 0 Å². The van der Waals surface area contributed by atoms with E-state index in [1.165, 1.54) is 0 Å². The fourth-order valence-corrected chi connectivity index (χ4v) is 2.26. The van der Waals surface area contributed by atoms with Crippen molar-refractivity contribution in [1.29, 1.82) is 0 Å². The first-order chi connectivity index (χ1) is 8.77. The van der Waals surface area contributed by atoms with Gasteiger partial charge in [-0.05, 0) is 6.07 Å². The minimum atomic E-state index is -0.396. The molecule has 1 fully saturated rings. The molecular formula is C15H11ClO2. The second kappa shape index (κ2) is 4.56. The van der Waals surface area contributed by atoms with Gasteiger partial charge in [-0.1, -0.05) is 60.1 Å². The molecule has 90 valence electrons. The first-order valence-electron chi connectivity index (χ1n) is 5.76. The van der Waals surface area contributed by atoms with Crippen LogP contribution in [0.4, 0.5) is 0 Å². The van der Waals surface area contributed by atoms with Crippen LogP contribution in [-0.4, -0.2) is 11.9 Å². The first kappa shape index (κ1) is 11.5. The van der Waals surface area contributed by atoms with E-state index in [9.17, 15) is 4.79 Å². The summed E-state index contributed by atoms with van der Waals surface area (Å²) in [6.45, 7) is 0. The average Bonchev–Trinajstić information content (AvgIpc) is 3.20. The molecule has 0 amide bonds. The summed E-state index contributed by atoms with van der Waals surface area (Å²) in [6, 6.07) is 16.6. The lowest BCUT2D eigenvalue weighted by molar-refractivity contribution is 0.0953.